The second kappa shape index (κ2) is 6.43. The lowest BCUT2D eigenvalue weighted by molar-refractivity contribution is 0.0755. The molecule has 2 rings (SSSR count). The molecule has 2 aromatic rings. The van der Waals surface area contributed by atoms with Crippen molar-refractivity contribution in [3.8, 4) is 5.75 Å². The predicted molar refractivity (Wildman–Crippen MR) is 82.1 cm³/mol. The van der Waals surface area contributed by atoms with Gasteiger partial charge in [-0.05, 0) is 30.0 Å². The van der Waals surface area contributed by atoms with E-state index in [1.807, 2.05) is 42.6 Å². The van der Waals surface area contributed by atoms with Gasteiger partial charge in [-0.2, -0.15) is 0 Å². The molecule has 4 nitrogen and oxygen atoms in total. The molecule has 106 valence electrons. The Labute approximate surface area is 122 Å². The number of benzene rings is 1. The smallest absolute Gasteiger partial charge is 0.268 e. The molecule has 20 heavy (non-hydrogen) atoms. The van der Waals surface area contributed by atoms with E-state index in [4.69, 9.17) is 10.5 Å². The SMILES string of the molecule is CCN(Cc1ccccc1N)C(=O)c1sccc1OC. The van der Waals surface area contributed by atoms with Crippen LogP contribution in [0.1, 0.15) is 22.2 Å². The number of nitrogen functional groups attached to an aromatic ring is 1. The molecular formula is C15H18N2O2S. The van der Waals surface area contributed by atoms with Crippen LogP contribution in [-0.4, -0.2) is 24.5 Å². The van der Waals surface area contributed by atoms with Crippen molar-refractivity contribution >= 4 is 22.9 Å². The molecule has 1 aromatic heterocycles. The van der Waals surface area contributed by atoms with Gasteiger partial charge >= 0.3 is 0 Å². The van der Waals surface area contributed by atoms with Crippen molar-refractivity contribution in [3.05, 3.63) is 46.2 Å². The van der Waals surface area contributed by atoms with E-state index in [9.17, 15) is 4.79 Å². The van der Waals surface area contributed by atoms with Gasteiger partial charge in [-0.3, -0.25) is 4.79 Å². The molecule has 0 aliphatic carbocycles. The molecule has 2 N–H and O–H groups in total. The van der Waals surface area contributed by atoms with Gasteiger partial charge in [-0.1, -0.05) is 18.2 Å². The van der Waals surface area contributed by atoms with E-state index in [0.717, 1.165) is 5.56 Å². The molecule has 0 spiro atoms. The van der Waals surface area contributed by atoms with Crippen LogP contribution in [0, 0.1) is 0 Å². The van der Waals surface area contributed by atoms with Crippen molar-refractivity contribution in [1.82, 2.24) is 4.90 Å². The Bertz CT molecular complexity index is 595. The number of carbonyl (C=O) groups is 1. The molecule has 0 saturated carbocycles. The summed E-state index contributed by atoms with van der Waals surface area (Å²) in [5.74, 6) is 0.599. The summed E-state index contributed by atoms with van der Waals surface area (Å²) in [6, 6.07) is 9.41. The van der Waals surface area contributed by atoms with E-state index >= 15 is 0 Å². The number of nitrogens with zero attached hydrogens (tertiary/aromatic N) is 1. The number of para-hydroxylation sites is 1. The van der Waals surface area contributed by atoms with Crippen molar-refractivity contribution in [1.29, 1.82) is 0 Å². The third kappa shape index (κ3) is 2.93. The van der Waals surface area contributed by atoms with E-state index in [1.54, 1.807) is 12.0 Å². The van der Waals surface area contributed by atoms with Gasteiger partial charge in [0.15, 0.2) is 0 Å². The fourth-order valence-electron chi connectivity index (χ4n) is 1.97. The highest BCUT2D eigenvalue weighted by atomic mass is 32.1. The van der Waals surface area contributed by atoms with E-state index < -0.39 is 0 Å². The Kier molecular flexibility index (Phi) is 4.63. The first-order valence-electron chi connectivity index (χ1n) is 6.41. The van der Waals surface area contributed by atoms with E-state index in [-0.39, 0.29) is 5.91 Å². The Morgan fingerprint density at radius 2 is 2.10 bits per heavy atom. The van der Waals surface area contributed by atoms with E-state index in [0.29, 0.717) is 29.4 Å². The van der Waals surface area contributed by atoms with Crippen molar-refractivity contribution < 1.29 is 9.53 Å². The number of amides is 1. The quantitative estimate of drug-likeness (QED) is 0.861. The Morgan fingerprint density at radius 3 is 2.75 bits per heavy atom. The number of methoxy groups -OCH3 is 1. The van der Waals surface area contributed by atoms with Gasteiger partial charge in [0, 0.05) is 18.8 Å². The lowest BCUT2D eigenvalue weighted by Gasteiger charge is -2.21. The van der Waals surface area contributed by atoms with Crippen LogP contribution in [0.4, 0.5) is 5.69 Å². The average Bonchev–Trinajstić information content (AvgIpc) is 2.94. The standard InChI is InChI=1S/C15H18N2O2S/c1-3-17(10-11-6-4-5-7-12(11)16)15(18)14-13(19-2)8-9-20-14/h4-9H,3,10,16H2,1-2H3. The normalized spacial score (nSPS) is 10.3. The molecule has 0 bridgehead atoms. The highest BCUT2D eigenvalue weighted by Gasteiger charge is 2.20. The Hall–Kier alpha value is -2.01. The summed E-state index contributed by atoms with van der Waals surface area (Å²) in [7, 11) is 1.57. The van der Waals surface area contributed by atoms with Crippen LogP contribution in [0.15, 0.2) is 35.7 Å². The Balaban J connectivity index is 2.20. The maximum Gasteiger partial charge on any atom is 0.268 e. The first-order valence-corrected chi connectivity index (χ1v) is 7.29. The van der Waals surface area contributed by atoms with Gasteiger partial charge in [-0.25, -0.2) is 0 Å². The molecule has 1 amide bonds. The summed E-state index contributed by atoms with van der Waals surface area (Å²) in [5, 5.41) is 1.86. The summed E-state index contributed by atoms with van der Waals surface area (Å²) in [6.07, 6.45) is 0. The van der Waals surface area contributed by atoms with Crippen LogP contribution in [-0.2, 0) is 6.54 Å². The number of ether oxygens (including phenoxy) is 1. The third-order valence-electron chi connectivity index (χ3n) is 3.13. The number of rotatable bonds is 5. The second-order valence-corrected chi connectivity index (χ2v) is 5.25. The number of hydrogen-bond acceptors (Lipinski definition) is 4. The molecule has 0 unspecified atom stereocenters. The average molecular weight is 290 g/mol. The predicted octanol–water partition coefficient (Wildman–Crippen LogP) is 3.00. The molecule has 0 radical (unpaired) electrons. The molecule has 5 heteroatoms. The first kappa shape index (κ1) is 14.4. The molecular weight excluding hydrogens is 272 g/mol. The lowest BCUT2D eigenvalue weighted by Crippen LogP contribution is -2.30. The molecule has 1 heterocycles. The number of nitrogens with two attached hydrogens (primary N) is 1. The fourth-order valence-corrected chi connectivity index (χ4v) is 2.79. The maximum absolute atomic E-state index is 12.5. The number of thiophene rings is 1. The number of hydrogen-bond donors (Lipinski definition) is 1. The zero-order chi connectivity index (χ0) is 14.5. The summed E-state index contributed by atoms with van der Waals surface area (Å²) >= 11 is 1.39. The molecule has 1 aromatic carbocycles. The second-order valence-electron chi connectivity index (χ2n) is 4.34. The summed E-state index contributed by atoms with van der Waals surface area (Å²) in [6.45, 7) is 3.08. The molecule has 0 saturated heterocycles. The number of carbonyl (C=O) groups excluding carboxylic acids is 1. The minimum absolute atomic E-state index is 0.0254. The van der Waals surface area contributed by atoms with Crippen molar-refractivity contribution in [2.24, 2.45) is 0 Å². The van der Waals surface area contributed by atoms with E-state index in [1.165, 1.54) is 11.3 Å². The van der Waals surface area contributed by atoms with Crippen molar-refractivity contribution in [2.45, 2.75) is 13.5 Å². The monoisotopic (exact) mass is 290 g/mol. The van der Waals surface area contributed by atoms with Crippen LogP contribution < -0.4 is 10.5 Å². The highest BCUT2D eigenvalue weighted by Crippen LogP contribution is 2.26. The fraction of sp³-hybridized carbons (Fsp3) is 0.267. The topological polar surface area (TPSA) is 55.6 Å². The third-order valence-corrected chi connectivity index (χ3v) is 4.01. The zero-order valence-corrected chi connectivity index (χ0v) is 12.4. The van der Waals surface area contributed by atoms with E-state index in [2.05, 4.69) is 0 Å². The van der Waals surface area contributed by atoms with Gasteiger partial charge in [0.2, 0.25) is 0 Å². The van der Waals surface area contributed by atoms with Crippen LogP contribution in [0.2, 0.25) is 0 Å². The van der Waals surface area contributed by atoms with Gasteiger partial charge in [0.25, 0.3) is 5.91 Å². The maximum atomic E-state index is 12.5. The zero-order valence-electron chi connectivity index (χ0n) is 11.6. The first-order chi connectivity index (χ1) is 9.67. The summed E-state index contributed by atoms with van der Waals surface area (Å²) < 4.78 is 5.21. The van der Waals surface area contributed by atoms with Gasteiger partial charge in [0.1, 0.15) is 10.6 Å². The highest BCUT2D eigenvalue weighted by molar-refractivity contribution is 7.12. The van der Waals surface area contributed by atoms with Crippen LogP contribution in [0.3, 0.4) is 0 Å². The molecule has 0 aliphatic rings. The minimum atomic E-state index is -0.0254. The van der Waals surface area contributed by atoms with Crippen LogP contribution in [0.25, 0.3) is 0 Å². The summed E-state index contributed by atoms with van der Waals surface area (Å²) in [4.78, 5) is 14.9. The lowest BCUT2D eigenvalue weighted by atomic mass is 10.1. The van der Waals surface area contributed by atoms with Gasteiger partial charge in [0.05, 0.1) is 7.11 Å². The molecule has 0 aliphatic heterocycles. The van der Waals surface area contributed by atoms with Crippen LogP contribution >= 0.6 is 11.3 Å². The van der Waals surface area contributed by atoms with Crippen molar-refractivity contribution in [2.75, 3.05) is 19.4 Å². The molecule has 0 fully saturated rings. The van der Waals surface area contributed by atoms with Crippen LogP contribution in [0.5, 0.6) is 5.75 Å². The van der Waals surface area contributed by atoms with Gasteiger partial charge in [-0.15, -0.1) is 11.3 Å². The number of anilines is 1. The van der Waals surface area contributed by atoms with Crippen molar-refractivity contribution in [3.63, 3.8) is 0 Å². The summed E-state index contributed by atoms with van der Waals surface area (Å²) in [5.41, 5.74) is 7.60. The minimum Gasteiger partial charge on any atom is -0.495 e. The largest absolute Gasteiger partial charge is 0.495 e. The Morgan fingerprint density at radius 1 is 1.35 bits per heavy atom. The van der Waals surface area contributed by atoms with Gasteiger partial charge < -0.3 is 15.4 Å². The molecule has 0 atom stereocenters.